The number of hydrogen-bond donors (Lipinski definition) is 1. The van der Waals surface area contributed by atoms with E-state index in [9.17, 15) is 0 Å². The van der Waals surface area contributed by atoms with Gasteiger partial charge in [-0.05, 0) is 37.1 Å². The van der Waals surface area contributed by atoms with Crippen LogP contribution in [0.15, 0.2) is 36.4 Å². The highest BCUT2D eigenvalue weighted by molar-refractivity contribution is 5.67. The van der Waals surface area contributed by atoms with E-state index in [1.165, 1.54) is 5.56 Å². The molecule has 1 heterocycles. The number of pyridine rings is 1. The first-order valence-electron chi connectivity index (χ1n) is 8.04. The number of aromatic nitrogens is 1. The molecule has 118 valence electrons. The quantitative estimate of drug-likeness (QED) is 0.825. The van der Waals surface area contributed by atoms with Gasteiger partial charge in [-0.15, -0.1) is 0 Å². The normalized spacial score (nSPS) is 11.0. The van der Waals surface area contributed by atoms with E-state index < -0.39 is 0 Å². The van der Waals surface area contributed by atoms with Crippen molar-refractivity contribution in [3.8, 4) is 17.0 Å². The Kier molecular flexibility index (Phi) is 5.96. The summed E-state index contributed by atoms with van der Waals surface area (Å²) >= 11 is 0. The Morgan fingerprint density at radius 3 is 2.59 bits per heavy atom. The highest BCUT2D eigenvalue weighted by Crippen LogP contribution is 2.29. The van der Waals surface area contributed by atoms with Crippen LogP contribution in [0.2, 0.25) is 0 Å². The molecule has 0 aliphatic carbocycles. The second kappa shape index (κ2) is 7.95. The second-order valence-corrected chi connectivity index (χ2v) is 5.82. The highest BCUT2D eigenvalue weighted by atomic mass is 16.5. The van der Waals surface area contributed by atoms with Crippen LogP contribution >= 0.6 is 0 Å². The average molecular weight is 298 g/mol. The lowest BCUT2D eigenvalue weighted by molar-refractivity contribution is 0.318. The van der Waals surface area contributed by atoms with Gasteiger partial charge in [0.25, 0.3) is 0 Å². The Bertz CT molecular complexity index is 608. The Balaban J connectivity index is 2.24. The summed E-state index contributed by atoms with van der Waals surface area (Å²) in [4.78, 5) is 4.77. The van der Waals surface area contributed by atoms with Gasteiger partial charge in [-0.2, -0.15) is 0 Å². The molecular formula is C19H26N2O. The zero-order valence-corrected chi connectivity index (χ0v) is 14.0. The monoisotopic (exact) mass is 298 g/mol. The fourth-order valence-electron chi connectivity index (χ4n) is 2.26. The van der Waals surface area contributed by atoms with Crippen molar-refractivity contribution in [1.29, 1.82) is 0 Å². The predicted octanol–water partition coefficient (Wildman–Crippen LogP) is 4.34. The van der Waals surface area contributed by atoms with Gasteiger partial charge in [-0.25, -0.2) is 0 Å². The third-order valence-corrected chi connectivity index (χ3v) is 3.52. The maximum Gasteiger partial charge on any atom is 0.128 e. The first-order chi connectivity index (χ1) is 10.6. The van der Waals surface area contributed by atoms with Crippen LogP contribution in [-0.4, -0.2) is 17.6 Å². The SMILES string of the molecule is CCCOc1ccccc1-c1ccc(CNC(C)C)c(C)n1. The zero-order chi connectivity index (χ0) is 15.9. The third kappa shape index (κ3) is 4.31. The molecule has 1 aromatic heterocycles. The molecule has 0 fully saturated rings. The number of nitrogens with zero attached hydrogens (tertiary/aromatic N) is 1. The van der Waals surface area contributed by atoms with Crippen LogP contribution in [0.5, 0.6) is 5.75 Å². The van der Waals surface area contributed by atoms with Crippen molar-refractivity contribution in [3.05, 3.63) is 47.7 Å². The van der Waals surface area contributed by atoms with Crippen molar-refractivity contribution in [2.24, 2.45) is 0 Å². The molecule has 0 atom stereocenters. The summed E-state index contributed by atoms with van der Waals surface area (Å²) in [5.74, 6) is 0.907. The molecule has 3 heteroatoms. The van der Waals surface area contributed by atoms with E-state index >= 15 is 0 Å². The summed E-state index contributed by atoms with van der Waals surface area (Å²) < 4.78 is 5.84. The van der Waals surface area contributed by atoms with E-state index in [0.29, 0.717) is 6.04 Å². The number of aryl methyl sites for hydroxylation is 1. The Morgan fingerprint density at radius 1 is 1.14 bits per heavy atom. The number of para-hydroxylation sites is 1. The van der Waals surface area contributed by atoms with E-state index in [0.717, 1.165) is 42.3 Å². The molecule has 0 unspecified atom stereocenters. The molecule has 2 rings (SSSR count). The van der Waals surface area contributed by atoms with Crippen molar-refractivity contribution in [2.45, 2.75) is 46.7 Å². The zero-order valence-electron chi connectivity index (χ0n) is 14.0. The topological polar surface area (TPSA) is 34.1 Å². The van der Waals surface area contributed by atoms with Gasteiger partial charge >= 0.3 is 0 Å². The maximum atomic E-state index is 5.84. The van der Waals surface area contributed by atoms with E-state index in [1.54, 1.807) is 0 Å². The molecule has 0 aliphatic rings. The van der Waals surface area contributed by atoms with E-state index in [4.69, 9.17) is 9.72 Å². The average Bonchev–Trinajstić information content (AvgIpc) is 2.52. The predicted molar refractivity (Wildman–Crippen MR) is 92.2 cm³/mol. The van der Waals surface area contributed by atoms with Crippen molar-refractivity contribution < 1.29 is 4.74 Å². The number of rotatable bonds is 7. The summed E-state index contributed by atoms with van der Waals surface area (Å²) in [7, 11) is 0. The molecule has 0 saturated carbocycles. The second-order valence-electron chi connectivity index (χ2n) is 5.82. The minimum Gasteiger partial charge on any atom is -0.493 e. The molecule has 0 spiro atoms. The molecule has 0 aliphatic heterocycles. The Hall–Kier alpha value is -1.87. The van der Waals surface area contributed by atoms with Gasteiger partial charge in [-0.1, -0.05) is 39.0 Å². The molecule has 0 radical (unpaired) electrons. The standard InChI is InChI=1S/C19H26N2O/c1-5-12-22-19-9-7-6-8-17(19)18-11-10-16(15(4)21-18)13-20-14(2)3/h6-11,14,20H,5,12-13H2,1-4H3. The van der Waals surface area contributed by atoms with Crippen molar-refractivity contribution >= 4 is 0 Å². The smallest absolute Gasteiger partial charge is 0.128 e. The van der Waals surface area contributed by atoms with Crippen LogP contribution in [-0.2, 0) is 6.54 Å². The lowest BCUT2D eigenvalue weighted by atomic mass is 10.1. The van der Waals surface area contributed by atoms with E-state index in [2.05, 4.69) is 51.2 Å². The van der Waals surface area contributed by atoms with Crippen LogP contribution in [0.3, 0.4) is 0 Å². The summed E-state index contributed by atoms with van der Waals surface area (Å²) in [5.41, 5.74) is 4.33. The molecule has 1 aromatic carbocycles. The first-order valence-corrected chi connectivity index (χ1v) is 8.04. The highest BCUT2D eigenvalue weighted by Gasteiger charge is 2.09. The largest absolute Gasteiger partial charge is 0.493 e. The summed E-state index contributed by atoms with van der Waals surface area (Å²) in [5, 5.41) is 3.44. The Morgan fingerprint density at radius 2 is 1.91 bits per heavy atom. The number of benzene rings is 1. The van der Waals surface area contributed by atoms with Gasteiger partial charge in [0.2, 0.25) is 0 Å². The van der Waals surface area contributed by atoms with Gasteiger partial charge in [0.15, 0.2) is 0 Å². The molecule has 0 saturated heterocycles. The van der Waals surface area contributed by atoms with Gasteiger partial charge in [0.1, 0.15) is 5.75 Å². The first kappa shape index (κ1) is 16.5. The molecule has 3 nitrogen and oxygen atoms in total. The lowest BCUT2D eigenvalue weighted by Crippen LogP contribution is -2.22. The molecule has 22 heavy (non-hydrogen) atoms. The van der Waals surface area contributed by atoms with Crippen molar-refractivity contribution in [1.82, 2.24) is 10.3 Å². The van der Waals surface area contributed by atoms with Gasteiger partial charge < -0.3 is 10.1 Å². The maximum absolute atomic E-state index is 5.84. The van der Waals surface area contributed by atoms with Crippen LogP contribution in [0, 0.1) is 6.92 Å². The lowest BCUT2D eigenvalue weighted by Gasteiger charge is -2.13. The van der Waals surface area contributed by atoms with Crippen LogP contribution in [0.1, 0.15) is 38.4 Å². The molecule has 0 bridgehead atoms. The fraction of sp³-hybridized carbons (Fsp3) is 0.421. The van der Waals surface area contributed by atoms with Crippen molar-refractivity contribution in [3.63, 3.8) is 0 Å². The van der Waals surface area contributed by atoms with Gasteiger partial charge in [0.05, 0.1) is 12.3 Å². The van der Waals surface area contributed by atoms with Gasteiger partial charge in [-0.3, -0.25) is 4.98 Å². The van der Waals surface area contributed by atoms with Crippen LogP contribution < -0.4 is 10.1 Å². The summed E-state index contributed by atoms with van der Waals surface area (Å²) in [6.45, 7) is 10.1. The Labute approximate surface area is 133 Å². The summed E-state index contributed by atoms with van der Waals surface area (Å²) in [6, 6.07) is 12.8. The molecule has 0 amide bonds. The van der Waals surface area contributed by atoms with Crippen LogP contribution in [0.25, 0.3) is 11.3 Å². The van der Waals surface area contributed by atoms with E-state index in [-0.39, 0.29) is 0 Å². The molecule has 2 aromatic rings. The van der Waals surface area contributed by atoms with Crippen molar-refractivity contribution in [2.75, 3.05) is 6.61 Å². The molecule has 1 N–H and O–H groups in total. The fourth-order valence-corrected chi connectivity index (χ4v) is 2.26. The van der Waals surface area contributed by atoms with Gasteiger partial charge in [0, 0.05) is 23.8 Å². The minimum atomic E-state index is 0.474. The van der Waals surface area contributed by atoms with Crippen LogP contribution in [0.4, 0.5) is 0 Å². The van der Waals surface area contributed by atoms with E-state index in [1.807, 2.05) is 18.2 Å². The minimum absolute atomic E-state index is 0.474. The number of hydrogen-bond acceptors (Lipinski definition) is 3. The molecular weight excluding hydrogens is 272 g/mol. The summed E-state index contributed by atoms with van der Waals surface area (Å²) in [6.07, 6.45) is 1.00. The third-order valence-electron chi connectivity index (χ3n) is 3.52. The number of ether oxygens (including phenoxy) is 1. The number of nitrogens with one attached hydrogen (secondary N) is 1.